The fraction of sp³-hybridized carbons (Fsp3) is 1.00. The van der Waals surface area contributed by atoms with E-state index in [0.29, 0.717) is 12.8 Å². The predicted molar refractivity (Wildman–Crippen MR) is 44.0 cm³/mol. The quantitative estimate of drug-likeness (QED) is 0.635. The molecule has 1 nitrogen and oxygen atoms in total. The first-order valence-electron chi connectivity index (χ1n) is 3.67. The first kappa shape index (κ1) is 8.34. The maximum atomic E-state index is 13.6. The Morgan fingerprint density at radius 3 is 2.30 bits per heavy atom. The third-order valence-electron chi connectivity index (χ3n) is 2.14. The molecule has 0 aliphatic carbocycles. The van der Waals surface area contributed by atoms with Crippen LogP contribution in [0.2, 0.25) is 0 Å². The van der Waals surface area contributed by atoms with Crippen LogP contribution in [-0.2, 0) is 0 Å². The fourth-order valence-corrected chi connectivity index (χ4v) is 2.34. The number of nitrogens with two attached hydrogens (primary N) is 1. The smallest absolute Gasteiger partial charge is 0.127 e. The van der Waals surface area contributed by atoms with Crippen LogP contribution in [0.3, 0.4) is 0 Å². The summed E-state index contributed by atoms with van der Waals surface area (Å²) in [6.45, 7) is 1.76. The summed E-state index contributed by atoms with van der Waals surface area (Å²) in [4.78, 5) is 0. The van der Waals surface area contributed by atoms with Crippen LogP contribution in [0.15, 0.2) is 0 Å². The van der Waals surface area contributed by atoms with E-state index < -0.39 is 5.67 Å². The van der Waals surface area contributed by atoms with E-state index in [2.05, 4.69) is 0 Å². The monoisotopic (exact) mass is 163 g/mol. The van der Waals surface area contributed by atoms with Gasteiger partial charge in [0.1, 0.15) is 5.67 Å². The van der Waals surface area contributed by atoms with Crippen molar-refractivity contribution in [3.05, 3.63) is 0 Å². The summed E-state index contributed by atoms with van der Waals surface area (Å²) in [5.41, 5.74) is 4.45. The molecule has 0 amide bonds. The molecule has 2 N–H and O–H groups in total. The molecular formula is C7H14FNS. The maximum absolute atomic E-state index is 13.6. The Morgan fingerprint density at radius 2 is 2.00 bits per heavy atom. The summed E-state index contributed by atoms with van der Waals surface area (Å²) in [6, 6.07) is -0.298. The van der Waals surface area contributed by atoms with Crippen LogP contribution in [-0.4, -0.2) is 23.2 Å². The van der Waals surface area contributed by atoms with Crippen LogP contribution in [0.4, 0.5) is 4.39 Å². The molecule has 1 aliphatic heterocycles. The van der Waals surface area contributed by atoms with E-state index in [1.165, 1.54) is 0 Å². The Hall–Kier alpha value is 0.240. The van der Waals surface area contributed by atoms with E-state index in [-0.39, 0.29) is 6.04 Å². The molecule has 1 saturated heterocycles. The van der Waals surface area contributed by atoms with Crippen LogP contribution < -0.4 is 5.73 Å². The normalized spacial score (nSPS) is 27.9. The van der Waals surface area contributed by atoms with Crippen molar-refractivity contribution in [1.29, 1.82) is 0 Å². The molecule has 0 bridgehead atoms. The van der Waals surface area contributed by atoms with E-state index in [9.17, 15) is 4.39 Å². The first-order chi connectivity index (χ1) is 4.65. The maximum Gasteiger partial charge on any atom is 0.127 e. The van der Waals surface area contributed by atoms with E-state index in [1.54, 1.807) is 6.92 Å². The lowest BCUT2D eigenvalue weighted by molar-refractivity contribution is 0.121. The van der Waals surface area contributed by atoms with Crippen LogP contribution in [0.1, 0.15) is 19.8 Å². The average molecular weight is 163 g/mol. The lowest BCUT2D eigenvalue weighted by Gasteiger charge is -2.32. The average Bonchev–Trinajstić information content (AvgIpc) is 1.89. The number of alkyl halides is 1. The zero-order valence-corrected chi connectivity index (χ0v) is 7.09. The zero-order chi connectivity index (χ0) is 7.61. The standard InChI is InChI=1S/C7H14FNS/c1-6(9)7(8)2-4-10-5-3-7/h6H,2-5,9H2,1H3. The van der Waals surface area contributed by atoms with Crippen molar-refractivity contribution in [2.45, 2.75) is 31.5 Å². The second-order valence-electron chi connectivity index (χ2n) is 2.94. The molecular weight excluding hydrogens is 149 g/mol. The van der Waals surface area contributed by atoms with Crippen molar-refractivity contribution in [3.63, 3.8) is 0 Å². The van der Waals surface area contributed by atoms with Gasteiger partial charge in [0.2, 0.25) is 0 Å². The van der Waals surface area contributed by atoms with Crippen molar-refractivity contribution in [2.75, 3.05) is 11.5 Å². The number of halogens is 1. The number of rotatable bonds is 1. The van der Waals surface area contributed by atoms with E-state index in [4.69, 9.17) is 5.73 Å². The van der Waals surface area contributed by atoms with Crippen LogP contribution in [0.5, 0.6) is 0 Å². The van der Waals surface area contributed by atoms with Gasteiger partial charge in [-0.1, -0.05) is 0 Å². The Balaban J connectivity index is 2.48. The highest BCUT2D eigenvalue weighted by atomic mass is 32.2. The van der Waals surface area contributed by atoms with E-state index >= 15 is 0 Å². The van der Waals surface area contributed by atoms with E-state index in [0.717, 1.165) is 11.5 Å². The molecule has 10 heavy (non-hydrogen) atoms. The highest BCUT2D eigenvalue weighted by Crippen LogP contribution is 2.32. The van der Waals surface area contributed by atoms with Crippen molar-refractivity contribution >= 4 is 11.8 Å². The van der Waals surface area contributed by atoms with Gasteiger partial charge in [0, 0.05) is 6.04 Å². The van der Waals surface area contributed by atoms with E-state index in [1.807, 2.05) is 11.8 Å². The summed E-state index contributed by atoms with van der Waals surface area (Å²) in [5.74, 6) is 1.86. The molecule has 3 heteroatoms. The third-order valence-corrected chi connectivity index (χ3v) is 3.13. The number of hydrogen-bond donors (Lipinski definition) is 1. The largest absolute Gasteiger partial charge is 0.325 e. The minimum atomic E-state index is -1.06. The van der Waals surface area contributed by atoms with Crippen molar-refractivity contribution < 1.29 is 4.39 Å². The molecule has 1 rings (SSSR count). The van der Waals surface area contributed by atoms with Gasteiger partial charge in [-0.25, -0.2) is 4.39 Å². The van der Waals surface area contributed by atoms with Crippen LogP contribution in [0, 0.1) is 0 Å². The molecule has 1 aliphatic rings. The van der Waals surface area contributed by atoms with Gasteiger partial charge in [-0.3, -0.25) is 0 Å². The van der Waals surface area contributed by atoms with Gasteiger partial charge in [0.15, 0.2) is 0 Å². The van der Waals surface area contributed by atoms with Gasteiger partial charge >= 0.3 is 0 Å². The zero-order valence-electron chi connectivity index (χ0n) is 6.27. The highest BCUT2D eigenvalue weighted by Gasteiger charge is 2.35. The van der Waals surface area contributed by atoms with Gasteiger partial charge in [-0.2, -0.15) is 11.8 Å². The highest BCUT2D eigenvalue weighted by molar-refractivity contribution is 7.99. The molecule has 1 fully saturated rings. The number of thioether (sulfide) groups is 1. The predicted octanol–water partition coefficient (Wildman–Crippen LogP) is 1.57. The molecule has 1 heterocycles. The molecule has 0 aromatic carbocycles. The number of hydrogen-bond acceptors (Lipinski definition) is 2. The lowest BCUT2D eigenvalue weighted by Crippen LogP contribution is -2.44. The fourth-order valence-electron chi connectivity index (χ4n) is 1.17. The van der Waals surface area contributed by atoms with Gasteiger partial charge < -0.3 is 5.73 Å². The van der Waals surface area contributed by atoms with Gasteiger partial charge in [0.25, 0.3) is 0 Å². The Morgan fingerprint density at radius 1 is 1.50 bits per heavy atom. The summed E-state index contributed by atoms with van der Waals surface area (Å²) in [6.07, 6.45) is 1.27. The SMILES string of the molecule is CC(N)C1(F)CCSCC1. The third kappa shape index (κ3) is 1.64. The summed E-state index contributed by atoms with van der Waals surface area (Å²) in [5, 5.41) is 0. The summed E-state index contributed by atoms with van der Waals surface area (Å²) < 4.78 is 13.6. The van der Waals surface area contributed by atoms with Crippen molar-refractivity contribution in [2.24, 2.45) is 5.73 Å². The van der Waals surface area contributed by atoms with Gasteiger partial charge in [-0.15, -0.1) is 0 Å². The van der Waals surface area contributed by atoms with Crippen molar-refractivity contribution in [3.8, 4) is 0 Å². The minimum absolute atomic E-state index is 0.298. The molecule has 0 spiro atoms. The molecule has 1 atom stereocenters. The lowest BCUT2D eigenvalue weighted by atomic mass is 9.92. The Bertz CT molecular complexity index is 110. The Labute approximate surface area is 65.6 Å². The Kier molecular flexibility index (Phi) is 2.58. The summed E-state index contributed by atoms with van der Waals surface area (Å²) in [7, 11) is 0. The molecule has 0 saturated carbocycles. The summed E-state index contributed by atoms with van der Waals surface area (Å²) >= 11 is 1.82. The molecule has 0 aromatic rings. The molecule has 0 radical (unpaired) electrons. The second-order valence-corrected chi connectivity index (χ2v) is 4.16. The topological polar surface area (TPSA) is 26.0 Å². The van der Waals surface area contributed by atoms with Gasteiger partial charge in [-0.05, 0) is 31.3 Å². The van der Waals surface area contributed by atoms with Crippen LogP contribution in [0.25, 0.3) is 0 Å². The van der Waals surface area contributed by atoms with Crippen molar-refractivity contribution in [1.82, 2.24) is 0 Å². The molecule has 1 unspecified atom stereocenters. The molecule has 0 aromatic heterocycles. The van der Waals surface area contributed by atoms with Crippen LogP contribution >= 0.6 is 11.8 Å². The second kappa shape index (κ2) is 3.09. The van der Waals surface area contributed by atoms with Gasteiger partial charge in [0.05, 0.1) is 0 Å². The first-order valence-corrected chi connectivity index (χ1v) is 4.83. The molecule has 60 valence electrons. The minimum Gasteiger partial charge on any atom is -0.325 e.